The Hall–Kier alpha value is -3.15. The van der Waals surface area contributed by atoms with Gasteiger partial charge in [-0.25, -0.2) is 0 Å². The zero-order valence-electron chi connectivity index (χ0n) is 42.7. The van der Waals surface area contributed by atoms with Crippen molar-refractivity contribution in [3.05, 3.63) is 72.9 Å². The summed E-state index contributed by atoms with van der Waals surface area (Å²) in [5, 5.41) is 0. The monoisotopic (exact) mass is 907 g/mol. The molecule has 374 valence electrons. The molecule has 0 saturated carbocycles. The Labute approximate surface area is 402 Å². The van der Waals surface area contributed by atoms with Crippen LogP contribution in [0.2, 0.25) is 0 Å². The third kappa shape index (κ3) is 51.7. The van der Waals surface area contributed by atoms with Crippen LogP contribution >= 0.6 is 0 Å². The van der Waals surface area contributed by atoms with E-state index in [-0.39, 0.29) is 31.1 Å². The SMILES string of the molecule is CC/C=C\C/C=C\C/C=C\C/C=C\CCCCC(=O)OC[C@H](COC(=O)CCCCCCCCC/C=C\CCCCCCCC)OC(=O)CCCCCCCCC/C=C\CCCCCC. The molecule has 0 aliphatic heterocycles. The number of ether oxygens (including phenoxy) is 3. The molecule has 6 heteroatoms. The zero-order valence-corrected chi connectivity index (χ0v) is 42.7. The lowest BCUT2D eigenvalue weighted by Crippen LogP contribution is -2.30. The molecule has 0 rings (SSSR count). The van der Waals surface area contributed by atoms with Crippen molar-refractivity contribution in [1.29, 1.82) is 0 Å². The molecular weight excluding hydrogens is 805 g/mol. The van der Waals surface area contributed by atoms with Crippen molar-refractivity contribution in [2.75, 3.05) is 13.2 Å². The molecule has 0 fully saturated rings. The van der Waals surface area contributed by atoms with E-state index in [0.29, 0.717) is 19.3 Å². The Morgan fingerprint density at radius 3 is 1.00 bits per heavy atom. The van der Waals surface area contributed by atoms with Gasteiger partial charge in [-0.2, -0.15) is 0 Å². The zero-order chi connectivity index (χ0) is 47.2. The number of unbranched alkanes of at least 4 members (excludes halogenated alkanes) is 26. The second-order valence-corrected chi connectivity index (χ2v) is 18.1. The molecule has 0 aromatic rings. The summed E-state index contributed by atoms with van der Waals surface area (Å²) >= 11 is 0. The highest BCUT2D eigenvalue weighted by Crippen LogP contribution is 2.14. The number of carbonyl (C=O) groups is 3. The molecular formula is C59H102O6. The van der Waals surface area contributed by atoms with E-state index >= 15 is 0 Å². The minimum Gasteiger partial charge on any atom is -0.462 e. The number of esters is 3. The number of hydrogen-bond donors (Lipinski definition) is 0. The summed E-state index contributed by atoms with van der Waals surface area (Å²) in [5.74, 6) is -0.939. The first-order chi connectivity index (χ1) is 32.0. The van der Waals surface area contributed by atoms with Gasteiger partial charge in [0, 0.05) is 19.3 Å². The van der Waals surface area contributed by atoms with Crippen LogP contribution < -0.4 is 0 Å². The smallest absolute Gasteiger partial charge is 0.306 e. The van der Waals surface area contributed by atoms with E-state index in [4.69, 9.17) is 14.2 Å². The van der Waals surface area contributed by atoms with Crippen molar-refractivity contribution in [1.82, 2.24) is 0 Å². The fourth-order valence-corrected chi connectivity index (χ4v) is 7.54. The summed E-state index contributed by atoms with van der Waals surface area (Å²) in [5.41, 5.74) is 0. The second-order valence-electron chi connectivity index (χ2n) is 18.1. The molecule has 0 heterocycles. The molecule has 0 unspecified atom stereocenters. The maximum atomic E-state index is 12.8. The fourth-order valence-electron chi connectivity index (χ4n) is 7.54. The maximum Gasteiger partial charge on any atom is 0.306 e. The molecule has 1 atom stereocenters. The number of allylic oxidation sites excluding steroid dienone is 12. The second kappa shape index (κ2) is 53.5. The van der Waals surface area contributed by atoms with Crippen LogP contribution in [0.4, 0.5) is 0 Å². The Kier molecular flexibility index (Phi) is 50.9. The molecule has 0 aliphatic carbocycles. The lowest BCUT2D eigenvalue weighted by molar-refractivity contribution is -0.167. The fraction of sp³-hybridized carbons (Fsp3) is 0.746. The van der Waals surface area contributed by atoms with Gasteiger partial charge in [0.25, 0.3) is 0 Å². The van der Waals surface area contributed by atoms with Crippen molar-refractivity contribution >= 4 is 17.9 Å². The van der Waals surface area contributed by atoms with Crippen LogP contribution in [0.15, 0.2) is 72.9 Å². The lowest BCUT2D eigenvalue weighted by Gasteiger charge is -2.18. The van der Waals surface area contributed by atoms with Crippen molar-refractivity contribution in [3.8, 4) is 0 Å². The van der Waals surface area contributed by atoms with Crippen LogP contribution in [0.1, 0.15) is 265 Å². The minimum atomic E-state index is -0.796. The van der Waals surface area contributed by atoms with Crippen LogP contribution in [-0.2, 0) is 28.6 Å². The first-order valence-corrected chi connectivity index (χ1v) is 27.4. The van der Waals surface area contributed by atoms with Crippen molar-refractivity contribution in [2.24, 2.45) is 0 Å². The standard InChI is InChI=1S/C59H102O6/c1-4-7-10-13-16-19-22-25-28-29-32-34-37-40-43-46-49-52-58(61)64-55-56(65-59(62)53-50-47-44-41-38-35-31-27-24-21-18-15-12-9-6-3)54-63-57(60)51-48-45-42-39-36-33-30-26-23-20-17-14-11-8-5-2/h8,11,17,20-21,24-26,28,30,36,39,56H,4-7,9-10,12-16,18-19,22-23,27,29,31-35,37-38,40-55H2,1-3H3/b11-8-,20-17-,24-21-,28-25-,30-26-,39-36-/t56-/m1/s1. The van der Waals surface area contributed by atoms with E-state index in [9.17, 15) is 14.4 Å². The summed E-state index contributed by atoms with van der Waals surface area (Å²) in [6, 6.07) is 0. The van der Waals surface area contributed by atoms with E-state index in [0.717, 1.165) is 83.5 Å². The van der Waals surface area contributed by atoms with Gasteiger partial charge in [-0.05, 0) is 109 Å². The van der Waals surface area contributed by atoms with Crippen LogP contribution in [0.3, 0.4) is 0 Å². The summed E-state index contributed by atoms with van der Waals surface area (Å²) in [6.07, 6.45) is 67.4. The Morgan fingerprint density at radius 2 is 0.600 bits per heavy atom. The first-order valence-electron chi connectivity index (χ1n) is 27.4. The van der Waals surface area contributed by atoms with E-state index in [1.165, 1.54) is 141 Å². The van der Waals surface area contributed by atoms with Gasteiger partial charge >= 0.3 is 17.9 Å². The quantitative estimate of drug-likeness (QED) is 0.0262. The largest absolute Gasteiger partial charge is 0.462 e. The molecule has 0 aliphatic rings. The van der Waals surface area contributed by atoms with E-state index in [2.05, 4.69) is 93.7 Å². The Bertz CT molecular complexity index is 1230. The van der Waals surface area contributed by atoms with Gasteiger partial charge in [0.1, 0.15) is 13.2 Å². The molecule has 0 aromatic carbocycles. The molecule has 0 radical (unpaired) electrons. The van der Waals surface area contributed by atoms with Gasteiger partial charge in [0.2, 0.25) is 0 Å². The van der Waals surface area contributed by atoms with E-state index in [1.54, 1.807) is 0 Å². The van der Waals surface area contributed by atoms with Gasteiger partial charge in [0.05, 0.1) is 0 Å². The molecule has 0 spiro atoms. The molecule has 0 saturated heterocycles. The number of carbonyl (C=O) groups excluding carboxylic acids is 3. The molecule has 0 bridgehead atoms. The number of hydrogen-bond acceptors (Lipinski definition) is 6. The molecule has 0 N–H and O–H groups in total. The first kappa shape index (κ1) is 61.9. The Morgan fingerprint density at radius 1 is 0.323 bits per heavy atom. The van der Waals surface area contributed by atoms with Gasteiger partial charge < -0.3 is 14.2 Å². The summed E-state index contributed by atoms with van der Waals surface area (Å²) < 4.78 is 16.8. The minimum absolute atomic E-state index is 0.0921. The molecule has 0 aromatic heterocycles. The van der Waals surface area contributed by atoms with Crippen LogP contribution in [0, 0.1) is 0 Å². The van der Waals surface area contributed by atoms with Gasteiger partial charge in [-0.3, -0.25) is 14.4 Å². The number of rotatable bonds is 49. The Balaban J connectivity index is 4.44. The predicted octanol–water partition coefficient (Wildman–Crippen LogP) is 18.2. The highest BCUT2D eigenvalue weighted by atomic mass is 16.6. The molecule has 0 amide bonds. The van der Waals surface area contributed by atoms with Gasteiger partial charge in [-0.15, -0.1) is 0 Å². The highest BCUT2D eigenvalue weighted by molar-refractivity contribution is 5.71. The van der Waals surface area contributed by atoms with Crippen LogP contribution in [-0.4, -0.2) is 37.2 Å². The van der Waals surface area contributed by atoms with Gasteiger partial charge in [0.15, 0.2) is 6.10 Å². The van der Waals surface area contributed by atoms with Crippen molar-refractivity contribution in [3.63, 3.8) is 0 Å². The maximum absolute atomic E-state index is 12.8. The predicted molar refractivity (Wildman–Crippen MR) is 279 cm³/mol. The average Bonchev–Trinajstić information content (AvgIpc) is 3.30. The van der Waals surface area contributed by atoms with Gasteiger partial charge in [-0.1, -0.05) is 209 Å². The van der Waals surface area contributed by atoms with Crippen molar-refractivity contribution < 1.29 is 28.6 Å². The normalized spacial score (nSPS) is 12.6. The molecule has 65 heavy (non-hydrogen) atoms. The highest BCUT2D eigenvalue weighted by Gasteiger charge is 2.19. The summed E-state index contributed by atoms with van der Waals surface area (Å²) in [7, 11) is 0. The topological polar surface area (TPSA) is 78.9 Å². The van der Waals surface area contributed by atoms with Crippen LogP contribution in [0.25, 0.3) is 0 Å². The third-order valence-electron chi connectivity index (χ3n) is 11.7. The summed E-state index contributed by atoms with van der Waals surface area (Å²) in [4.78, 5) is 38.1. The lowest BCUT2D eigenvalue weighted by atomic mass is 10.1. The average molecular weight is 907 g/mol. The van der Waals surface area contributed by atoms with E-state index < -0.39 is 6.10 Å². The van der Waals surface area contributed by atoms with Crippen molar-refractivity contribution in [2.45, 2.75) is 271 Å². The molecule has 6 nitrogen and oxygen atoms in total. The summed E-state index contributed by atoms with van der Waals surface area (Å²) in [6.45, 7) is 6.48. The van der Waals surface area contributed by atoms with Crippen LogP contribution in [0.5, 0.6) is 0 Å². The van der Waals surface area contributed by atoms with E-state index in [1.807, 2.05) is 0 Å². The third-order valence-corrected chi connectivity index (χ3v) is 11.7.